The summed E-state index contributed by atoms with van der Waals surface area (Å²) in [5, 5.41) is 19.5. The Balaban J connectivity index is 2.06. The Bertz CT molecular complexity index is 943. The Hall–Kier alpha value is -3.28. The van der Waals surface area contributed by atoms with Crippen LogP contribution in [0.4, 0.5) is 0 Å². The first-order chi connectivity index (χ1) is 12.3. The van der Waals surface area contributed by atoms with Gasteiger partial charge in [0.05, 0.1) is 14.2 Å². The molecule has 1 aliphatic rings. The molecule has 0 unspecified atom stereocenters. The molecule has 134 valence electrons. The number of Topliss-reactive ketones (excluding diaryl/α,β-unsaturated/α-hetero) is 1. The molecule has 0 bridgehead atoms. The fraction of sp³-hybridized carbons (Fsp3) is 0.200. The topological polar surface area (TPSA) is 93.1 Å². The summed E-state index contributed by atoms with van der Waals surface area (Å²) < 4.78 is 10.2. The van der Waals surface area contributed by atoms with E-state index in [1.54, 1.807) is 13.0 Å². The highest BCUT2D eigenvalue weighted by molar-refractivity contribution is 6.42. The summed E-state index contributed by atoms with van der Waals surface area (Å²) in [7, 11) is 2.80. The van der Waals surface area contributed by atoms with Crippen LogP contribution < -0.4 is 9.47 Å². The van der Waals surface area contributed by atoms with E-state index in [-0.39, 0.29) is 40.1 Å². The lowest BCUT2D eigenvalue weighted by molar-refractivity contribution is -0.127. The molecular weight excluding hydrogens is 336 g/mol. The molecule has 0 aromatic heterocycles. The van der Waals surface area contributed by atoms with Crippen molar-refractivity contribution in [2.24, 2.45) is 0 Å². The van der Waals surface area contributed by atoms with Gasteiger partial charge in [0, 0.05) is 5.57 Å². The zero-order valence-corrected chi connectivity index (χ0v) is 14.6. The number of allylic oxidation sites excluding steroid dienone is 2. The molecule has 1 atom stereocenters. The van der Waals surface area contributed by atoms with Gasteiger partial charge in [-0.1, -0.05) is 12.1 Å². The van der Waals surface area contributed by atoms with Gasteiger partial charge in [0.15, 0.2) is 34.6 Å². The minimum absolute atomic E-state index is 0.0559. The van der Waals surface area contributed by atoms with Gasteiger partial charge in [0.25, 0.3) is 0 Å². The van der Waals surface area contributed by atoms with Gasteiger partial charge < -0.3 is 19.7 Å². The molecule has 0 heterocycles. The van der Waals surface area contributed by atoms with E-state index in [1.807, 2.05) is 0 Å². The number of aromatic hydroxyl groups is 2. The summed E-state index contributed by atoms with van der Waals surface area (Å²) in [5.41, 5.74) is -0.268. The fourth-order valence-electron chi connectivity index (χ4n) is 3.04. The molecule has 0 saturated heterocycles. The van der Waals surface area contributed by atoms with Crippen molar-refractivity contribution >= 4 is 17.1 Å². The predicted molar refractivity (Wildman–Crippen MR) is 94.7 cm³/mol. The maximum atomic E-state index is 13.1. The second-order valence-electron chi connectivity index (χ2n) is 6.15. The van der Waals surface area contributed by atoms with Gasteiger partial charge in [-0.05, 0) is 48.4 Å². The Morgan fingerprint density at radius 3 is 2.08 bits per heavy atom. The lowest BCUT2D eigenvalue weighted by atomic mass is 9.77. The Morgan fingerprint density at radius 1 is 0.885 bits per heavy atom. The van der Waals surface area contributed by atoms with Gasteiger partial charge in [-0.3, -0.25) is 9.59 Å². The number of benzene rings is 2. The van der Waals surface area contributed by atoms with Crippen LogP contribution in [0, 0.1) is 0 Å². The number of ether oxygens (including phenoxy) is 2. The first kappa shape index (κ1) is 17.5. The van der Waals surface area contributed by atoms with E-state index >= 15 is 0 Å². The summed E-state index contributed by atoms with van der Waals surface area (Å²) in [5.74, 6) is -0.471. The molecule has 6 nitrogen and oxygen atoms in total. The number of carbonyl (C=O) groups excluding carboxylic acids is 2. The lowest BCUT2D eigenvalue weighted by Crippen LogP contribution is -2.35. The maximum absolute atomic E-state index is 13.1. The van der Waals surface area contributed by atoms with Gasteiger partial charge in [-0.15, -0.1) is 0 Å². The van der Waals surface area contributed by atoms with Crippen LogP contribution in [-0.2, 0) is 15.0 Å². The van der Waals surface area contributed by atoms with Gasteiger partial charge in [0.1, 0.15) is 5.41 Å². The van der Waals surface area contributed by atoms with Gasteiger partial charge in [0.2, 0.25) is 0 Å². The summed E-state index contributed by atoms with van der Waals surface area (Å²) in [6.45, 7) is 1.55. The SMILES string of the molecule is COc1cc(C2=CC(=O)[C@](C)(c3ccc(O)c(OC)c3)C2=O)ccc1O. The van der Waals surface area contributed by atoms with Crippen LogP contribution >= 0.6 is 0 Å². The molecule has 2 aromatic carbocycles. The molecule has 1 aliphatic carbocycles. The van der Waals surface area contributed by atoms with Crippen molar-refractivity contribution in [1.29, 1.82) is 0 Å². The average molecular weight is 354 g/mol. The number of methoxy groups -OCH3 is 2. The van der Waals surface area contributed by atoms with Crippen molar-refractivity contribution in [2.75, 3.05) is 14.2 Å². The third-order valence-electron chi connectivity index (χ3n) is 4.71. The first-order valence-corrected chi connectivity index (χ1v) is 7.88. The molecule has 0 aliphatic heterocycles. The van der Waals surface area contributed by atoms with Gasteiger partial charge in [-0.25, -0.2) is 0 Å². The van der Waals surface area contributed by atoms with Crippen molar-refractivity contribution in [3.63, 3.8) is 0 Å². The van der Waals surface area contributed by atoms with Crippen LogP contribution in [0.1, 0.15) is 18.1 Å². The summed E-state index contributed by atoms with van der Waals surface area (Å²) in [6.07, 6.45) is 1.30. The van der Waals surface area contributed by atoms with Crippen molar-refractivity contribution < 1.29 is 29.3 Å². The third-order valence-corrected chi connectivity index (χ3v) is 4.71. The number of hydrogen-bond donors (Lipinski definition) is 2. The first-order valence-electron chi connectivity index (χ1n) is 7.88. The smallest absolute Gasteiger partial charge is 0.181 e. The van der Waals surface area contributed by atoms with Crippen molar-refractivity contribution in [2.45, 2.75) is 12.3 Å². The fourth-order valence-corrected chi connectivity index (χ4v) is 3.04. The Kier molecular flexibility index (Phi) is 4.20. The molecule has 0 saturated carbocycles. The van der Waals surface area contributed by atoms with E-state index in [4.69, 9.17) is 9.47 Å². The molecule has 0 spiro atoms. The predicted octanol–water partition coefficient (Wildman–Crippen LogP) is 2.61. The summed E-state index contributed by atoms with van der Waals surface area (Å²) >= 11 is 0. The molecular formula is C20H18O6. The minimum atomic E-state index is -1.42. The van der Waals surface area contributed by atoms with Crippen molar-refractivity contribution in [1.82, 2.24) is 0 Å². The summed E-state index contributed by atoms with van der Waals surface area (Å²) in [6, 6.07) is 8.88. The molecule has 0 fully saturated rings. The zero-order valence-electron chi connectivity index (χ0n) is 14.6. The van der Waals surface area contributed by atoms with E-state index < -0.39 is 5.41 Å². The van der Waals surface area contributed by atoms with Crippen LogP contribution in [-0.4, -0.2) is 36.0 Å². The van der Waals surface area contributed by atoms with Crippen LogP contribution in [0.15, 0.2) is 42.5 Å². The van der Waals surface area contributed by atoms with Gasteiger partial charge in [-0.2, -0.15) is 0 Å². The standard InChI is InChI=1S/C20H18O6/c1-20(12-5-7-15(22)17(9-12)26-3)18(23)10-13(19(20)24)11-4-6-14(21)16(8-11)25-2/h4-10,21-22H,1-3H3/t20-/m0/s1. The van der Waals surface area contributed by atoms with E-state index in [1.165, 1.54) is 50.6 Å². The number of ketones is 2. The van der Waals surface area contributed by atoms with Crippen molar-refractivity contribution in [3.8, 4) is 23.0 Å². The van der Waals surface area contributed by atoms with Crippen LogP contribution in [0.3, 0.4) is 0 Å². The molecule has 6 heteroatoms. The Morgan fingerprint density at radius 2 is 1.46 bits per heavy atom. The number of rotatable bonds is 4. The molecule has 2 N–H and O–H groups in total. The second kappa shape index (κ2) is 6.22. The van der Waals surface area contributed by atoms with Crippen molar-refractivity contribution in [3.05, 3.63) is 53.6 Å². The number of carbonyl (C=O) groups is 2. The second-order valence-corrected chi connectivity index (χ2v) is 6.15. The quantitative estimate of drug-likeness (QED) is 0.820. The maximum Gasteiger partial charge on any atom is 0.181 e. The number of phenolic OH excluding ortho intramolecular Hbond substituents is 2. The zero-order chi connectivity index (χ0) is 19.1. The third kappa shape index (κ3) is 2.50. The monoisotopic (exact) mass is 354 g/mol. The highest BCUT2D eigenvalue weighted by atomic mass is 16.5. The highest BCUT2D eigenvalue weighted by Crippen LogP contribution is 2.42. The Labute approximate surface area is 150 Å². The molecule has 26 heavy (non-hydrogen) atoms. The molecule has 2 aromatic rings. The van der Waals surface area contributed by atoms with Gasteiger partial charge >= 0.3 is 0 Å². The molecule has 3 rings (SSSR count). The number of phenols is 2. The number of hydrogen-bond acceptors (Lipinski definition) is 6. The highest BCUT2D eigenvalue weighted by Gasteiger charge is 2.48. The van der Waals surface area contributed by atoms with E-state index in [0.29, 0.717) is 11.1 Å². The van der Waals surface area contributed by atoms with E-state index in [2.05, 4.69) is 0 Å². The molecule has 0 amide bonds. The largest absolute Gasteiger partial charge is 0.504 e. The normalized spacial score (nSPS) is 19.4. The van der Waals surface area contributed by atoms with Crippen LogP contribution in [0.5, 0.6) is 23.0 Å². The average Bonchev–Trinajstić information content (AvgIpc) is 2.87. The van der Waals surface area contributed by atoms with Crippen LogP contribution in [0.2, 0.25) is 0 Å². The van der Waals surface area contributed by atoms with E-state index in [0.717, 1.165) is 0 Å². The van der Waals surface area contributed by atoms with Crippen LogP contribution in [0.25, 0.3) is 5.57 Å². The minimum Gasteiger partial charge on any atom is -0.504 e. The molecule has 0 radical (unpaired) electrons. The van der Waals surface area contributed by atoms with E-state index in [9.17, 15) is 19.8 Å². The summed E-state index contributed by atoms with van der Waals surface area (Å²) in [4.78, 5) is 25.8. The lowest BCUT2D eigenvalue weighted by Gasteiger charge is -2.22.